The van der Waals surface area contributed by atoms with Gasteiger partial charge in [0.15, 0.2) is 17.5 Å². The van der Waals surface area contributed by atoms with E-state index in [-0.39, 0.29) is 12.0 Å². The number of carbonyl (C=O) groups excluding carboxylic acids is 1. The maximum absolute atomic E-state index is 12.2. The third kappa shape index (κ3) is 4.17. The number of hydrogen-bond acceptors (Lipinski definition) is 7. The van der Waals surface area contributed by atoms with Crippen LogP contribution >= 0.6 is 0 Å². The number of ether oxygens (including phenoxy) is 1. The molecule has 1 aromatic heterocycles. The number of aromatic nitrogens is 2. The molecule has 4 aromatic carbocycles. The highest BCUT2D eigenvalue weighted by atomic mass is 16.5. The molecular formula is C33H26N6O2. The molecule has 0 bridgehead atoms. The summed E-state index contributed by atoms with van der Waals surface area (Å²) in [6.07, 6.45) is 0. The molecule has 41 heavy (non-hydrogen) atoms. The number of amidine groups is 2. The zero-order valence-electron chi connectivity index (χ0n) is 22.5. The van der Waals surface area contributed by atoms with Crippen molar-refractivity contribution in [3.05, 3.63) is 132 Å². The highest BCUT2D eigenvalue weighted by Crippen LogP contribution is 2.48. The van der Waals surface area contributed by atoms with E-state index in [0.717, 1.165) is 45.4 Å². The van der Waals surface area contributed by atoms with Crippen molar-refractivity contribution < 1.29 is 9.53 Å². The predicted octanol–water partition coefficient (Wildman–Crippen LogP) is 6.76. The van der Waals surface area contributed by atoms with Crippen LogP contribution in [0.25, 0.3) is 5.69 Å². The number of nitrogens with one attached hydrogen (secondary N) is 1. The highest BCUT2D eigenvalue weighted by Gasteiger charge is 2.41. The van der Waals surface area contributed by atoms with Gasteiger partial charge in [-0.15, -0.1) is 0 Å². The molecule has 8 nitrogen and oxygen atoms in total. The van der Waals surface area contributed by atoms with Gasteiger partial charge in [-0.2, -0.15) is 5.10 Å². The number of rotatable bonds is 4. The lowest BCUT2D eigenvalue weighted by Gasteiger charge is -2.40. The Morgan fingerprint density at radius 2 is 1.51 bits per heavy atom. The number of aryl methyl sites for hydroxylation is 1. The first-order valence-corrected chi connectivity index (χ1v) is 13.3. The number of nitrogens with zero attached hydrogens (tertiary/aromatic N) is 5. The lowest BCUT2D eigenvalue weighted by molar-refractivity contribution is 0.0600. The Kier molecular flexibility index (Phi) is 5.93. The smallest absolute Gasteiger partial charge is 0.337 e. The summed E-state index contributed by atoms with van der Waals surface area (Å²) in [5.74, 6) is 1.68. The maximum atomic E-state index is 12.2. The Hall–Kier alpha value is -5.50. The summed E-state index contributed by atoms with van der Waals surface area (Å²) in [6, 6.07) is 35.3. The number of carbonyl (C=O) groups is 1. The standard InChI is InChI=1S/C33H26N6O2/c1-21-28-29(22-17-19-23(20-18-22)33(40)41-2)38-27-16-10-9-15-26(27)35-30(34-24-11-5-3-6-12-24)32(38)36-31(28)39(37-21)25-13-7-4-8-14-25/h3-20,29H,1-2H3,(H,34,35). The van der Waals surface area contributed by atoms with Gasteiger partial charge in [0.1, 0.15) is 0 Å². The summed E-state index contributed by atoms with van der Waals surface area (Å²) in [6.45, 7) is 2.02. The molecule has 0 aliphatic carbocycles. The van der Waals surface area contributed by atoms with Crippen molar-refractivity contribution in [1.29, 1.82) is 0 Å². The van der Waals surface area contributed by atoms with E-state index < -0.39 is 0 Å². The van der Waals surface area contributed by atoms with Crippen LogP contribution in [0.1, 0.15) is 33.2 Å². The zero-order chi connectivity index (χ0) is 27.9. The first kappa shape index (κ1) is 24.5. The summed E-state index contributed by atoms with van der Waals surface area (Å²) in [7, 11) is 1.39. The number of hydrogen-bond donors (Lipinski definition) is 1. The molecule has 3 heterocycles. The third-order valence-electron chi connectivity index (χ3n) is 7.32. The van der Waals surface area contributed by atoms with E-state index >= 15 is 0 Å². The summed E-state index contributed by atoms with van der Waals surface area (Å²) in [5, 5.41) is 8.48. The second-order valence-electron chi connectivity index (χ2n) is 9.83. The van der Waals surface area contributed by atoms with E-state index in [1.54, 1.807) is 12.1 Å². The molecule has 8 heteroatoms. The quantitative estimate of drug-likeness (QED) is 0.256. The number of para-hydroxylation sites is 4. The molecule has 0 radical (unpaired) electrons. The van der Waals surface area contributed by atoms with Gasteiger partial charge in [-0.25, -0.2) is 19.5 Å². The Labute approximate surface area is 237 Å². The third-order valence-corrected chi connectivity index (χ3v) is 7.32. The van der Waals surface area contributed by atoms with Crippen molar-refractivity contribution >= 4 is 40.5 Å². The molecule has 0 saturated heterocycles. The van der Waals surface area contributed by atoms with Crippen LogP contribution in [0.15, 0.2) is 119 Å². The molecule has 200 valence electrons. The van der Waals surface area contributed by atoms with Gasteiger partial charge in [-0.05, 0) is 61.0 Å². The van der Waals surface area contributed by atoms with E-state index in [9.17, 15) is 4.79 Å². The van der Waals surface area contributed by atoms with E-state index in [0.29, 0.717) is 17.2 Å². The summed E-state index contributed by atoms with van der Waals surface area (Å²) in [5.41, 5.74) is 6.92. The van der Waals surface area contributed by atoms with Crippen molar-refractivity contribution in [3.8, 4) is 5.69 Å². The van der Waals surface area contributed by atoms with Crippen LogP contribution in [0, 0.1) is 6.92 Å². The van der Waals surface area contributed by atoms with Crippen molar-refractivity contribution in [2.75, 3.05) is 17.3 Å². The minimum absolute atomic E-state index is 0.286. The summed E-state index contributed by atoms with van der Waals surface area (Å²) in [4.78, 5) is 24.7. The van der Waals surface area contributed by atoms with Gasteiger partial charge in [-0.3, -0.25) is 0 Å². The second kappa shape index (κ2) is 9.91. The van der Waals surface area contributed by atoms with Crippen LogP contribution in [-0.4, -0.2) is 34.5 Å². The molecule has 5 aromatic rings. The summed E-state index contributed by atoms with van der Waals surface area (Å²) >= 11 is 0. The lowest BCUT2D eigenvalue weighted by atomic mass is 9.92. The van der Waals surface area contributed by atoms with Crippen LogP contribution in [0.2, 0.25) is 0 Å². The van der Waals surface area contributed by atoms with Crippen LogP contribution < -0.4 is 10.2 Å². The average Bonchev–Trinajstić information content (AvgIpc) is 3.36. The number of methoxy groups -OCH3 is 1. The van der Waals surface area contributed by atoms with Crippen LogP contribution in [0.3, 0.4) is 0 Å². The average molecular weight is 539 g/mol. The number of fused-ring (bicyclic) bond motifs is 4. The molecule has 7 rings (SSSR count). The van der Waals surface area contributed by atoms with Crippen molar-refractivity contribution in [1.82, 2.24) is 9.78 Å². The fraction of sp³-hybridized carbons (Fsp3) is 0.0909. The van der Waals surface area contributed by atoms with Gasteiger partial charge in [0.05, 0.1) is 41.5 Å². The van der Waals surface area contributed by atoms with Gasteiger partial charge < -0.3 is 15.0 Å². The molecule has 0 fully saturated rings. The highest BCUT2D eigenvalue weighted by molar-refractivity contribution is 6.51. The van der Waals surface area contributed by atoms with E-state index in [2.05, 4.69) is 16.3 Å². The van der Waals surface area contributed by atoms with Crippen LogP contribution in [0.5, 0.6) is 0 Å². The van der Waals surface area contributed by atoms with Crippen molar-refractivity contribution in [2.45, 2.75) is 13.0 Å². The Morgan fingerprint density at radius 1 is 0.829 bits per heavy atom. The van der Waals surface area contributed by atoms with E-state index in [1.807, 2.05) is 103 Å². The lowest BCUT2D eigenvalue weighted by Crippen LogP contribution is -2.46. The summed E-state index contributed by atoms with van der Waals surface area (Å²) < 4.78 is 6.84. The molecule has 2 aliphatic heterocycles. The molecule has 1 N–H and O–H groups in total. The molecule has 0 spiro atoms. The Bertz CT molecular complexity index is 1830. The first-order chi connectivity index (χ1) is 20.1. The number of esters is 1. The number of aliphatic imine (C=N–C) groups is 2. The molecule has 2 aliphatic rings. The van der Waals surface area contributed by atoms with Crippen LogP contribution in [-0.2, 0) is 4.74 Å². The van der Waals surface area contributed by atoms with Crippen molar-refractivity contribution in [3.63, 3.8) is 0 Å². The Morgan fingerprint density at radius 3 is 2.24 bits per heavy atom. The minimum atomic E-state index is -0.374. The monoisotopic (exact) mass is 538 g/mol. The number of benzene rings is 4. The zero-order valence-corrected chi connectivity index (χ0v) is 22.5. The van der Waals surface area contributed by atoms with Gasteiger partial charge in [0.25, 0.3) is 0 Å². The Balaban J connectivity index is 1.48. The maximum Gasteiger partial charge on any atom is 0.337 e. The van der Waals surface area contributed by atoms with Crippen LogP contribution in [0.4, 0.5) is 22.9 Å². The molecule has 1 unspecified atom stereocenters. The largest absolute Gasteiger partial charge is 0.465 e. The fourth-order valence-electron chi connectivity index (χ4n) is 5.44. The number of anilines is 2. The van der Waals surface area contributed by atoms with Gasteiger partial charge in [-0.1, -0.05) is 60.7 Å². The molecule has 1 atom stereocenters. The second-order valence-corrected chi connectivity index (χ2v) is 9.83. The van der Waals surface area contributed by atoms with E-state index in [4.69, 9.17) is 19.8 Å². The first-order valence-electron chi connectivity index (χ1n) is 13.3. The van der Waals surface area contributed by atoms with E-state index in [1.165, 1.54) is 7.11 Å². The molecule has 0 saturated carbocycles. The minimum Gasteiger partial charge on any atom is -0.465 e. The molecular weight excluding hydrogens is 512 g/mol. The van der Waals surface area contributed by atoms with Crippen molar-refractivity contribution in [2.24, 2.45) is 9.98 Å². The molecule has 0 amide bonds. The fourth-order valence-corrected chi connectivity index (χ4v) is 5.44. The predicted molar refractivity (Wildman–Crippen MR) is 161 cm³/mol. The topological polar surface area (TPSA) is 84.1 Å². The van der Waals surface area contributed by atoms with Gasteiger partial charge >= 0.3 is 5.97 Å². The SMILES string of the molecule is COC(=O)c1ccc(C2c3c(C)nn(-c4ccccc4)c3N=C3C(Nc4ccccc4)=Nc4ccccc4N32)cc1. The van der Waals surface area contributed by atoms with Gasteiger partial charge in [0, 0.05) is 11.3 Å². The van der Waals surface area contributed by atoms with Gasteiger partial charge in [0.2, 0.25) is 0 Å². The normalized spacial score (nSPS) is 15.2.